The van der Waals surface area contributed by atoms with Crippen molar-refractivity contribution in [2.45, 2.75) is 37.6 Å². The minimum atomic E-state index is -0.942. The van der Waals surface area contributed by atoms with Crippen molar-refractivity contribution in [2.24, 2.45) is 11.8 Å². The Labute approximate surface area is 205 Å². The summed E-state index contributed by atoms with van der Waals surface area (Å²) in [5.41, 5.74) is 4.48. The molecule has 0 radical (unpaired) electrons. The van der Waals surface area contributed by atoms with Gasteiger partial charge in [0.05, 0.1) is 12.5 Å². The summed E-state index contributed by atoms with van der Waals surface area (Å²) in [6, 6.07) is 15.2. The van der Waals surface area contributed by atoms with Crippen LogP contribution in [-0.2, 0) is 19.1 Å². The normalized spacial score (nSPS) is 19.8. The van der Waals surface area contributed by atoms with Gasteiger partial charge in [-0.05, 0) is 41.0 Å². The molecule has 2 aliphatic rings. The lowest BCUT2D eigenvalue weighted by Gasteiger charge is -2.29. The maximum atomic E-state index is 12.8. The molecule has 2 aliphatic carbocycles. The third-order valence-electron chi connectivity index (χ3n) is 7.05. The lowest BCUT2D eigenvalue weighted by Crippen LogP contribution is -2.51. The number of hydrogen-bond donors (Lipinski definition) is 3. The number of alkyl carbamates (subject to hydrolysis) is 1. The van der Waals surface area contributed by atoms with Crippen LogP contribution in [0.15, 0.2) is 48.5 Å². The summed E-state index contributed by atoms with van der Waals surface area (Å²) in [6.07, 6.45) is 2.51. The molecule has 2 amide bonds. The van der Waals surface area contributed by atoms with Gasteiger partial charge in [0, 0.05) is 19.6 Å². The molecular formula is C27H32N2O6. The average molecular weight is 481 g/mol. The fourth-order valence-corrected chi connectivity index (χ4v) is 5.26. The second-order valence-corrected chi connectivity index (χ2v) is 9.21. The number of rotatable bonds is 9. The van der Waals surface area contributed by atoms with E-state index in [4.69, 9.17) is 9.47 Å². The molecule has 2 aromatic rings. The third kappa shape index (κ3) is 5.65. The van der Waals surface area contributed by atoms with E-state index in [0.717, 1.165) is 41.5 Å². The van der Waals surface area contributed by atoms with Gasteiger partial charge >= 0.3 is 12.1 Å². The molecular weight excluding hydrogens is 448 g/mol. The number of amides is 2. The van der Waals surface area contributed by atoms with Crippen molar-refractivity contribution in [3.05, 3.63) is 59.7 Å². The van der Waals surface area contributed by atoms with Crippen LogP contribution in [0.3, 0.4) is 0 Å². The molecule has 0 unspecified atom stereocenters. The summed E-state index contributed by atoms with van der Waals surface area (Å²) in [5, 5.41) is 14.8. The molecule has 1 fully saturated rings. The Kier molecular flexibility index (Phi) is 8.02. The average Bonchev–Trinajstić information content (AvgIpc) is 3.19. The highest BCUT2D eigenvalue weighted by molar-refractivity contribution is 5.86. The summed E-state index contributed by atoms with van der Waals surface area (Å²) in [6.45, 7) is 0.370. The van der Waals surface area contributed by atoms with Crippen LogP contribution in [0.5, 0.6) is 0 Å². The van der Waals surface area contributed by atoms with Crippen molar-refractivity contribution in [3.63, 3.8) is 0 Å². The Morgan fingerprint density at radius 2 is 1.63 bits per heavy atom. The zero-order valence-corrected chi connectivity index (χ0v) is 19.9. The molecule has 0 aliphatic heterocycles. The quantitative estimate of drug-likeness (QED) is 0.506. The van der Waals surface area contributed by atoms with Crippen molar-refractivity contribution in [1.82, 2.24) is 10.6 Å². The number of aliphatic carboxylic acids is 1. The van der Waals surface area contributed by atoms with Gasteiger partial charge in [-0.2, -0.15) is 0 Å². The van der Waals surface area contributed by atoms with E-state index in [1.165, 1.54) is 7.11 Å². The molecule has 0 bridgehead atoms. The lowest BCUT2D eigenvalue weighted by molar-refractivity contribution is -0.145. The van der Waals surface area contributed by atoms with Gasteiger partial charge < -0.3 is 25.2 Å². The summed E-state index contributed by atoms with van der Waals surface area (Å²) >= 11 is 0. The van der Waals surface area contributed by atoms with Crippen LogP contribution in [0.4, 0.5) is 4.79 Å². The number of benzene rings is 2. The molecule has 186 valence electrons. The summed E-state index contributed by atoms with van der Waals surface area (Å²) in [5.74, 6) is -1.91. The molecule has 4 rings (SSSR count). The van der Waals surface area contributed by atoms with Crippen LogP contribution in [0.25, 0.3) is 11.1 Å². The molecule has 35 heavy (non-hydrogen) atoms. The summed E-state index contributed by atoms with van der Waals surface area (Å²) in [7, 11) is 1.45. The number of fused-ring (bicyclic) bond motifs is 3. The van der Waals surface area contributed by atoms with Crippen LogP contribution in [-0.4, -0.2) is 56.0 Å². The zero-order valence-electron chi connectivity index (χ0n) is 19.9. The molecule has 2 aromatic carbocycles. The first-order valence-corrected chi connectivity index (χ1v) is 12.1. The van der Waals surface area contributed by atoms with Gasteiger partial charge in [-0.3, -0.25) is 9.59 Å². The van der Waals surface area contributed by atoms with E-state index in [9.17, 15) is 19.5 Å². The molecule has 1 saturated carbocycles. The number of nitrogens with one attached hydrogen (secondary N) is 2. The highest BCUT2D eigenvalue weighted by Crippen LogP contribution is 2.44. The summed E-state index contributed by atoms with van der Waals surface area (Å²) in [4.78, 5) is 36.9. The van der Waals surface area contributed by atoms with Crippen LogP contribution >= 0.6 is 0 Å². The molecule has 3 atom stereocenters. The van der Waals surface area contributed by atoms with E-state index < -0.39 is 29.9 Å². The van der Waals surface area contributed by atoms with Crippen molar-refractivity contribution in [2.75, 3.05) is 26.9 Å². The first-order chi connectivity index (χ1) is 17.0. The SMILES string of the molecule is COC[C@H](NC(=O)OCC1c2ccccc2-c2ccccc21)C(=O)NC[C@H]1CCCC[C@H]1C(=O)O. The first-order valence-electron chi connectivity index (χ1n) is 12.1. The van der Waals surface area contributed by atoms with Crippen molar-refractivity contribution in [1.29, 1.82) is 0 Å². The largest absolute Gasteiger partial charge is 0.481 e. The lowest BCUT2D eigenvalue weighted by atomic mass is 9.79. The predicted octanol–water partition coefficient (Wildman–Crippen LogP) is 3.55. The highest BCUT2D eigenvalue weighted by Gasteiger charge is 2.32. The number of carbonyl (C=O) groups is 3. The Balaban J connectivity index is 1.33. The molecule has 0 saturated heterocycles. The van der Waals surface area contributed by atoms with Gasteiger partial charge in [0.15, 0.2) is 0 Å². The molecule has 0 heterocycles. The van der Waals surface area contributed by atoms with Gasteiger partial charge in [-0.15, -0.1) is 0 Å². The first kappa shape index (κ1) is 24.7. The molecule has 0 spiro atoms. The number of ether oxygens (including phenoxy) is 2. The van der Waals surface area contributed by atoms with E-state index in [-0.39, 0.29) is 31.6 Å². The second kappa shape index (κ2) is 11.4. The summed E-state index contributed by atoms with van der Waals surface area (Å²) < 4.78 is 10.7. The van der Waals surface area contributed by atoms with Gasteiger partial charge in [-0.25, -0.2) is 4.79 Å². The number of carbonyl (C=O) groups excluding carboxylic acids is 2. The van der Waals surface area contributed by atoms with E-state index in [1.807, 2.05) is 36.4 Å². The molecule has 3 N–H and O–H groups in total. The van der Waals surface area contributed by atoms with Crippen molar-refractivity contribution in [3.8, 4) is 11.1 Å². The standard InChI is InChI=1S/C27H32N2O6/c1-34-16-24(25(30)28-14-17-8-2-3-9-18(17)26(31)32)29-27(33)35-15-23-21-12-6-4-10-19(21)20-11-5-7-13-22(20)23/h4-7,10-13,17-18,23-24H,2-3,8-9,14-16H2,1H3,(H,28,30)(H,29,33)(H,31,32)/t17-,18-,24+/m1/s1. The fourth-order valence-electron chi connectivity index (χ4n) is 5.26. The maximum absolute atomic E-state index is 12.8. The van der Waals surface area contributed by atoms with E-state index in [2.05, 4.69) is 22.8 Å². The number of methoxy groups -OCH3 is 1. The molecule has 0 aromatic heterocycles. The van der Waals surface area contributed by atoms with Gasteiger partial charge in [-0.1, -0.05) is 61.4 Å². The zero-order chi connectivity index (χ0) is 24.8. The molecule has 8 nitrogen and oxygen atoms in total. The molecule has 8 heteroatoms. The van der Waals surface area contributed by atoms with Gasteiger partial charge in [0.2, 0.25) is 5.91 Å². The van der Waals surface area contributed by atoms with E-state index in [1.54, 1.807) is 0 Å². The minimum absolute atomic E-state index is 0.0247. The van der Waals surface area contributed by atoms with Gasteiger partial charge in [0.25, 0.3) is 0 Å². The van der Waals surface area contributed by atoms with E-state index in [0.29, 0.717) is 6.42 Å². The fraction of sp³-hybridized carbons (Fsp3) is 0.444. The monoisotopic (exact) mass is 480 g/mol. The van der Waals surface area contributed by atoms with Crippen LogP contribution < -0.4 is 10.6 Å². The van der Waals surface area contributed by atoms with Crippen molar-refractivity contribution >= 4 is 18.0 Å². The van der Waals surface area contributed by atoms with Gasteiger partial charge in [0.1, 0.15) is 12.6 Å². The Morgan fingerprint density at radius 3 is 2.26 bits per heavy atom. The Hall–Kier alpha value is -3.39. The van der Waals surface area contributed by atoms with Crippen molar-refractivity contribution < 1.29 is 29.0 Å². The Morgan fingerprint density at radius 1 is 1.00 bits per heavy atom. The van der Waals surface area contributed by atoms with Crippen LogP contribution in [0.2, 0.25) is 0 Å². The van der Waals surface area contributed by atoms with Crippen LogP contribution in [0.1, 0.15) is 42.7 Å². The topological polar surface area (TPSA) is 114 Å². The maximum Gasteiger partial charge on any atom is 0.407 e. The number of hydrogen-bond acceptors (Lipinski definition) is 5. The van der Waals surface area contributed by atoms with Crippen LogP contribution in [0, 0.1) is 11.8 Å². The Bertz CT molecular complexity index is 1030. The third-order valence-corrected chi connectivity index (χ3v) is 7.05. The predicted molar refractivity (Wildman–Crippen MR) is 130 cm³/mol. The second-order valence-electron chi connectivity index (χ2n) is 9.21. The number of carboxylic acids is 1. The smallest absolute Gasteiger partial charge is 0.407 e. The minimum Gasteiger partial charge on any atom is -0.481 e. The number of carboxylic acid groups (broad SMARTS) is 1. The highest BCUT2D eigenvalue weighted by atomic mass is 16.5. The van der Waals surface area contributed by atoms with E-state index >= 15 is 0 Å².